The monoisotopic (exact) mass is 365 g/mol. The SMILES string of the molecule is CCc1ccc(CNC(=NC)NCCCN2CCCC(C(N)=O)C2)s1. The number of aliphatic imine (C=N–C) groups is 1. The molecule has 0 spiro atoms. The number of thiophene rings is 1. The van der Waals surface area contributed by atoms with Gasteiger partial charge in [0.1, 0.15) is 0 Å². The van der Waals surface area contributed by atoms with E-state index in [1.54, 1.807) is 7.05 Å². The molecular formula is C18H31N5OS. The first-order valence-corrected chi connectivity index (χ1v) is 9.97. The van der Waals surface area contributed by atoms with Crippen LogP contribution >= 0.6 is 11.3 Å². The minimum Gasteiger partial charge on any atom is -0.369 e. The first-order valence-electron chi connectivity index (χ1n) is 9.16. The van der Waals surface area contributed by atoms with Gasteiger partial charge in [-0.3, -0.25) is 9.79 Å². The van der Waals surface area contributed by atoms with Gasteiger partial charge in [-0.05, 0) is 50.9 Å². The fraction of sp³-hybridized carbons (Fsp3) is 0.667. The van der Waals surface area contributed by atoms with E-state index in [0.717, 1.165) is 64.4 Å². The van der Waals surface area contributed by atoms with Gasteiger partial charge in [0.25, 0.3) is 0 Å². The number of carbonyl (C=O) groups is 1. The van der Waals surface area contributed by atoms with Crippen LogP contribution in [0.3, 0.4) is 0 Å². The van der Waals surface area contributed by atoms with E-state index in [2.05, 4.69) is 39.6 Å². The summed E-state index contributed by atoms with van der Waals surface area (Å²) in [6.45, 7) is 6.70. The van der Waals surface area contributed by atoms with Crippen LogP contribution in [0.15, 0.2) is 17.1 Å². The number of nitrogens with zero attached hydrogens (tertiary/aromatic N) is 2. The molecule has 140 valence electrons. The average molecular weight is 366 g/mol. The molecule has 2 heterocycles. The van der Waals surface area contributed by atoms with Gasteiger partial charge in [0.05, 0.1) is 12.5 Å². The zero-order valence-electron chi connectivity index (χ0n) is 15.4. The molecule has 1 fully saturated rings. The second-order valence-corrected chi connectivity index (χ2v) is 7.72. The fourth-order valence-corrected chi connectivity index (χ4v) is 4.00. The Morgan fingerprint density at radius 3 is 2.88 bits per heavy atom. The molecular weight excluding hydrogens is 334 g/mol. The largest absolute Gasteiger partial charge is 0.369 e. The van der Waals surface area contributed by atoms with E-state index in [4.69, 9.17) is 5.73 Å². The Morgan fingerprint density at radius 1 is 1.40 bits per heavy atom. The van der Waals surface area contributed by atoms with Gasteiger partial charge in [-0.1, -0.05) is 6.92 Å². The number of nitrogens with one attached hydrogen (secondary N) is 2. The fourth-order valence-electron chi connectivity index (χ4n) is 3.10. The summed E-state index contributed by atoms with van der Waals surface area (Å²) in [6.07, 6.45) is 4.10. The molecule has 1 unspecified atom stereocenters. The predicted molar refractivity (Wildman–Crippen MR) is 105 cm³/mol. The minimum atomic E-state index is -0.160. The summed E-state index contributed by atoms with van der Waals surface area (Å²) in [5, 5.41) is 6.72. The van der Waals surface area contributed by atoms with E-state index in [0.29, 0.717) is 0 Å². The van der Waals surface area contributed by atoms with E-state index >= 15 is 0 Å². The molecule has 1 saturated heterocycles. The second kappa shape index (κ2) is 10.4. The normalized spacial score (nSPS) is 19.0. The Bertz CT molecular complexity index is 572. The number of carbonyl (C=O) groups excluding carboxylic acids is 1. The number of aryl methyl sites for hydroxylation is 1. The molecule has 1 aromatic rings. The number of guanidine groups is 1. The van der Waals surface area contributed by atoms with Gasteiger partial charge >= 0.3 is 0 Å². The lowest BCUT2D eigenvalue weighted by atomic mass is 9.97. The highest BCUT2D eigenvalue weighted by Gasteiger charge is 2.23. The van der Waals surface area contributed by atoms with Gasteiger partial charge in [0.2, 0.25) is 5.91 Å². The van der Waals surface area contributed by atoms with Crippen molar-refractivity contribution in [2.75, 3.05) is 33.2 Å². The molecule has 1 aromatic heterocycles. The highest BCUT2D eigenvalue weighted by molar-refractivity contribution is 7.11. The molecule has 1 atom stereocenters. The number of nitrogens with two attached hydrogens (primary N) is 1. The van der Waals surface area contributed by atoms with Crippen molar-refractivity contribution in [3.8, 4) is 0 Å². The number of amides is 1. The van der Waals surface area contributed by atoms with Gasteiger partial charge in [0, 0.05) is 29.9 Å². The lowest BCUT2D eigenvalue weighted by Crippen LogP contribution is -2.42. The van der Waals surface area contributed by atoms with Crippen LogP contribution < -0.4 is 16.4 Å². The third-order valence-corrected chi connectivity index (χ3v) is 5.80. The Morgan fingerprint density at radius 2 is 2.20 bits per heavy atom. The molecule has 1 amide bonds. The molecule has 0 aliphatic carbocycles. The molecule has 6 nitrogen and oxygen atoms in total. The van der Waals surface area contributed by atoms with Crippen LogP contribution in [0, 0.1) is 5.92 Å². The van der Waals surface area contributed by atoms with Crippen molar-refractivity contribution in [1.29, 1.82) is 0 Å². The van der Waals surface area contributed by atoms with Crippen LogP contribution in [0.4, 0.5) is 0 Å². The van der Waals surface area contributed by atoms with Crippen LogP contribution in [0.1, 0.15) is 35.9 Å². The molecule has 0 bridgehead atoms. The van der Waals surface area contributed by atoms with Gasteiger partial charge in [0.15, 0.2) is 5.96 Å². The minimum absolute atomic E-state index is 0.0231. The quantitative estimate of drug-likeness (QED) is 0.371. The zero-order chi connectivity index (χ0) is 18.1. The number of likely N-dealkylation sites (tertiary alicyclic amines) is 1. The van der Waals surface area contributed by atoms with E-state index < -0.39 is 0 Å². The number of hydrogen-bond acceptors (Lipinski definition) is 4. The maximum atomic E-state index is 11.3. The van der Waals surface area contributed by atoms with Gasteiger partial charge in [-0.2, -0.15) is 0 Å². The molecule has 1 aliphatic heterocycles. The van der Waals surface area contributed by atoms with Gasteiger partial charge < -0.3 is 21.3 Å². The van der Waals surface area contributed by atoms with Crippen molar-refractivity contribution in [1.82, 2.24) is 15.5 Å². The van der Waals surface area contributed by atoms with E-state index in [1.165, 1.54) is 9.75 Å². The van der Waals surface area contributed by atoms with Crippen LogP contribution in [-0.4, -0.2) is 50.0 Å². The highest BCUT2D eigenvalue weighted by Crippen LogP contribution is 2.17. The Balaban J connectivity index is 1.63. The molecule has 1 aliphatic rings. The van der Waals surface area contributed by atoms with Crippen molar-refractivity contribution in [3.63, 3.8) is 0 Å². The molecule has 7 heteroatoms. The summed E-state index contributed by atoms with van der Waals surface area (Å²) in [6, 6.07) is 4.37. The molecule has 0 aromatic carbocycles. The Kier molecular flexibility index (Phi) is 8.21. The average Bonchev–Trinajstić information content (AvgIpc) is 3.09. The summed E-state index contributed by atoms with van der Waals surface area (Å²) < 4.78 is 0. The maximum Gasteiger partial charge on any atom is 0.221 e. The lowest BCUT2D eigenvalue weighted by Gasteiger charge is -2.31. The molecule has 2 rings (SSSR count). The standard InChI is InChI=1S/C18H31N5OS/c1-3-15-7-8-16(25-15)12-22-18(20-2)21-9-5-11-23-10-4-6-14(13-23)17(19)24/h7-8,14H,3-6,9-13H2,1-2H3,(H2,19,24)(H2,20,21,22). The summed E-state index contributed by atoms with van der Waals surface area (Å²) in [5.74, 6) is 0.697. The lowest BCUT2D eigenvalue weighted by molar-refractivity contribution is -0.123. The third kappa shape index (κ3) is 6.66. The maximum absolute atomic E-state index is 11.3. The van der Waals surface area contributed by atoms with Crippen molar-refractivity contribution in [3.05, 3.63) is 21.9 Å². The van der Waals surface area contributed by atoms with Crippen molar-refractivity contribution in [2.45, 2.75) is 39.2 Å². The number of primary amides is 1. The zero-order valence-corrected chi connectivity index (χ0v) is 16.2. The summed E-state index contributed by atoms with van der Waals surface area (Å²) in [7, 11) is 1.79. The second-order valence-electron chi connectivity index (χ2n) is 6.47. The van der Waals surface area contributed by atoms with Crippen molar-refractivity contribution < 1.29 is 4.79 Å². The van der Waals surface area contributed by atoms with E-state index in [1.807, 2.05) is 11.3 Å². The van der Waals surface area contributed by atoms with Gasteiger partial charge in [-0.15, -0.1) is 11.3 Å². The van der Waals surface area contributed by atoms with Gasteiger partial charge in [-0.25, -0.2) is 0 Å². The van der Waals surface area contributed by atoms with Crippen LogP contribution in [-0.2, 0) is 17.8 Å². The highest BCUT2D eigenvalue weighted by atomic mass is 32.1. The van der Waals surface area contributed by atoms with Crippen LogP contribution in [0.2, 0.25) is 0 Å². The Labute approximate surface area is 154 Å². The Hall–Kier alpha value is -1.60. The van der Waals surface area contributed by atoms with E-state index in [9.17, 15) is 4.79 Å². The first kappa shape index (κ1) is 19.7. The molecule has 4 N–H and O–H groups in total. The number of rotatable bonds is 8. The van der Waals surface area contributed by atoms with Crippen molar-refractivity contribution in [2.24, 2.45) is 16.6 Å². The molecule has 0 saturated carbocycles. The van der Waals surface area contributed by atoms with Crippen molar-refractivity contribution >= 4 is 23.2 Å². The van der Waals surface area contributed by atoms with Crippen LogP contribution in [0.25, 0.3) is 0 Å². The third-order valence-electron chi connectivity index (χ3n) is 4.57. The summed E-state index contributed by atoms with van der Waals surface area (Å²) in [5.41, 5.74) is 5.43. The number of piperidine rings is 1. The number of hydrogen-bond donors (Lipinski definition) is 3. The predicted octanol–water partition coefficient (Wildman–Crippen LogP) is 1.56. The molecule has 25 heavy (non-hydrogen) atoms. The smallest absolute Gasteiger partial charge is 0.221 e. The van der Waals surface area contributed by atoms with E-state index in [-0.39, 0.29) is 11.8 Å². The topological polar surface area (TPSA) is 82.8 Å². The summed E-state index contributed by atoms with van der Waals surface area (Å²) >= 11 is 1.85. The first-order chi connectivity index (χ1) is 12.1. The van der Waals surface area contributed by atoms with Crippen LogP contribution in [0.5, 0.6) is 0 Å². The summed E-state index contributed by atoms with van der Waals surface area (Å²) in [4.78, 5) is 20.7. The molecule has 0 radical (unpaired) electrons.